The van der Waals surface area contributed by atoms with Crippen LogP contribution in [0, 0.1) is 5.41 Å². The Hall–Kier alpha value is -0.980. The molecule has 0 unspecified atom stereocenters. The molecule has 0 spiro atoms. The average molecular weight is 203 g/mol. The van der Waals surface area contributed by atoms with E-state index in [2.05, 4.69) is 32.0 Å². The van der Waals surface area contributed by atoms with E-state index in [1.54, 1.807) is 0 Å². The summed E-state index contributed by atoms with van der Waals surface area (Å²) in [5, 5.41) is 0. The molecule has 1 saturated carbocycles. The van der Waals surface area contributed by atoms with Gasteiger partial charge in [-0.05, 0) is 41.9 Å². The lowest BCUT2D eigenvalue weighted by molar-refractivity contribution is 0.200. The first kappa shape index (κ1) is 10.5. The van der Waals surface area contributed by atoms with Crippen LogP contribution in [0.25, 0.3) is 0 Å². The molecule has 0 heterocycles. The van der Waals surface area contributed by atoms with E-state index in [1.807, 2.05) is 6.07 Å². The first-order valence-electron chi connectivity index (χ1n) is 5.95. The quantitative estimate of drug-likeness (QED) is 0.687. The molecule has 15 heavy (non-hydrogen) atoms. The van der Waals surface area contributed by atoms with Crippen molar-refractivity contribution in [2.24, 2.45) is 5.41 Å². The zero-order valence-corrected chi connectivity index (χ0v) is 9.79. The van der Waals surface area contributed by atoms with Crippen LogP contribution in [0.15, 0.2) is 24.3 Å². The zero-order chi connectivity index (χ0) is 10.9. The Kier molecular flexibility index (Phi) is 2.72. The van der Waals surface area contributed by atoms with Crippen molar-refractivity contribution in [1.29, 1.82) is 0 Å². The summed E-state index contributed by atoms with van der Waals surface area (Å²) in [6.07, 6.45) is 5.40. The molecular weight excluding hydrogens is 182 g/mol. The number of nitrogens with two attached hydrogens (primary N) is 1. The predicted molar refractivity (Wildman–Crippen MR) is 65.8 cm³/mol. The molecule has 1 aromatic carbocycles. The minimum absolute atomic E-state index is 0.437. The summed E-state index contributed by atoms with van der Waals surface area (Å²) < 4.78 is 0. The van der Waals surface area contributed by atoms with Crippen molar-refractivity contribution in [2.45, 2.75) is 45.4 Å². The van der Waals surface area contributed by atoms with Gasteiger partial charge >= 0.3 is 0 Å². The molecule has 0 aromatic heterocycles. The Labute approximate surface area is 92.7 Å². The van der Waals surface area contributed by atoms with E-state index in [0.717, 1.165) is 5.69 Å². The second-order valence-electron chi connectivity index (χ2n) is 5.46. The van der Waals surface area contributed by atoms with Gasteiger partial charge in [-0.25, -0.2) is 0 Å². The Bertz CT molecular complexity index is 341. The molecular formula is C14H21N. The average Bonchev–Trinajstić information content (AvgIpc) is 2.17. The van der Waals surface area contributed by atoms with Crippen LogP contribution in [0.3, 0.4) is 0 Å². The highest BCUT2D eigenvalue weighted by atomic mass is 14.5. The van der Waals surface area contributed by atoms with E-state index < -0.39 is 0 Å². The number of benzene rings is 1. The van der Waals surface area contributed by atoms with E-state index in [1.165, 1.54) is 31.2 Å². The highest BCUT2D eigenvalue weighted by Gasteiger charge is 2.32. The van der Waals surface area contributed by atoms with Gasteiger partial charge in [-0.2, -0.15) is 0 Å². The van der Waals surface area contributed by atoms with Crippen molar-refractivity contribution >= 4 is 5.69 Å². The van der Waals surface area contributed by atoms with Crippen molar-refractivity contribution in [3.8, 4) is 0 Å². The fourth-order valence-corrected chi connectivity index (χ4v) is 2.89. The molecule has 0 aliphatic heterocycles. The van der Waals surface area contributed by atoms with Gasteiger partial charge in [-0.15, -0.1) is 0 Å². The van der Waals surface area contributed by atoms with Gasteiger partial charge in [0.25, 0.3) is 0 Å². The van der Waals surface area contributed by atoms with Crippen molar-refractivity contribution in [1.82, 2.24) is 0 Å². The molecule has 1 fully saturated rings. The fourth-order valence-electron chi connectivity index (χ4n) is 2.89. The van der Waals surface area contributed by atoms with Gasteiger partial charge in [0.1, 0.15) is 0 Å². The highest BCUT2D eigenvalue weighted by Crippen LogP contribution is 2.46. The minimum Gasteiger partial charge on any atom is -0.399 e. The lowest BCUT2D eigenvalue weighted by Gasteiger charge is -2.39. The number of hydrogen-bond donors (Lipinski definition) is 1. The van der Waals surface area contributed by atoms with Gasteiger partial charge in [-0.1, -0.05) is 38.8 Å². The molecule has 1 atom stereocenters. The fraction of sp³-hybridized carbons (Fsp3) is 0.571. The standard InChI is InChI=1S/C14H21N/c1-14(2)9-4-3-8-13(14)11-6-5-7-12(15)10-11/h5-7,10,13H,3-4,8-9,15H2,1-2H3/t13-/m0/s1. The maximum absolute atomic E-state index is 5.85. The molecule has 2 N–H and O–H groups in total. The number of nitrogen functional groups attached to an aromatic ring is 1. The first-order chi connectivity index (χ1) is 7.09. The highest BCUT2D eigenvalue weighted by molar-refractivity contribution is 5.42. The summed E-state index contributed by atoms with van der Waals surface area (Å²) in [7, 11) is 0. The van der Waals surface area contributed by atoms with E-state index in [-0.39, 0.29) is 0 Å². The third-order valence-electron chi connectivity index (χ3n) is 3.82. The van der Waals surface area contributed by atoms with E-state index >= 15 is 0 Å². The molecule has 0 amide bonds. The van der Waals surface area contributed by atoms with Crippen molar-refractivity contribution in [2.75, 3.05) is 5.73 Å². The van der Waals surface area contributed by atoms with Gasteiger partial charge in [-0.3, -0.25) is 0 Å². The number of anilines is 1. The van der Waals surface area contributed by atoms with Crippen LogP contribution in [0.1, 0.15) is 51.0 Å². The summed E-state index contributed by atoms with van der Waals surface area (Å²) in [6.45, 7) is 4.78. The van der Waals surface area contributed by atoms with Crippen molar-refractivity contribution in [3.63, 3.8) is 0 Å². The lowest BCUT2D eigenvalue weighted by Crippen LogP contribution is -2.25. The van der Waals surface area contributed by atoms with E-state index in [0.29, 0.717) is 11.3 Å². The smallest absolute Gasteiger partial charge is 0.0316 e. The molecule has 1 heteroatoms. The Morgan fingerprint density at radius 3 is 2.73 bits per heavy atom. The molecule has 1 aliphatic carbocycles. The second kappa shape index (κ2) is 3.88. The maximum Gasteiger partial charge on any atom is 0.0316 e. The first-order valence-corrected chi connectivity index (χ1v) is 5.95. The van der Waals surface area contributed by atoms with Crippen LogP contribution < -0.4 is 5.73 Å². The zero-order valence-electron chi connectivity index (χ0n) is 9.79. The Balaban J connectivity index is 2.29. The molecule has 1 nitrogen and oxygen atoms in total. The number of hydrogen-bond acceptors (Lipinski definition) is 1. The molecule has 1 aromatic rings. The largest absolute Gasteiger partial charge is 0.399 e. The third kappa shape index (κ3) is 2.17. The topological polar surface area (TPSA) is 26.0 Å². The van der Waals surface area contributed by atoms with Crippen LogP contribution in [-0.4, -0.2) is 0 Å². The van der Waals surface area contributed by atoms with E-state index in [4.69, 9.17) is 5.73 Å². The summed E-state index contributed by atoms with van der Waals surface area (Å²) in [5.74, 6) is 0.690. The van der Waals surface area contributed by atoms with Crippen LogP contribution in [0.2, 0.25) is 0 Å². The molecule has 1 aliphatic rings. The third-order valence-corrected chi connectivity index (χ3v) is 3.82. The van der Waals surface area contributed by atoms with Gasteiger partial charge in [0.2, 0.25) is 0 Å². The molecule has 82 valence electrons. The lowest BCUT2D eigenvalue weighted by atomic mass is 9.66. The van der Waals surface area contributed by atoms with Crippen molar-refractivity contribution < 1.29 is 0 Å². The summed E-state index contributed by atoms with van der Waals surface area (Å²) in [5.41, 5.74) is 8.62. The molecule has 0 bridgehead atoms. The van der Waals surface area contributed by atoms with Crippen LogP contribution in [0.4, 0.5) is 5.69 Å². The molecule has 0 saturated heterocycles. The molecule has 2 rings (SSSR count). The van der Waals surface area contributed by atoms with Crippen molar-refractivity contribution in [3.05, 3.63) is 29.8 Å². The Morgan fingerprint density at radius 1 is 1.27 bits per heavy atom. The monoisotopic (exact) mass is 203 g/mol. The van der Waals surface area contributed by atoms with Gasteiger partial charge in [0, 0.05) is 5.69 Å². The maximum atomic E-state index is 5.85. The summed E-state index contributed by atoms with van der Waals surface area (Å²) >= 11 is 0. The van der Waals surface area contributed by atoms with Gasteiger partial charge < -0.3 is 5.73 Å². The van der Waals surface area contributed by atoms with Crippen LogP contribution >= 0.6 is 0 Å². The number of rotatable bonds is 1. The van der Waals surface area contributed by atoms with Crippen LogP contribution in [0.5, 0.6) is 0 Å². The SMILES string of the molecule is CC1(C)CCCC[C@H]1c1cccc(N)c1. The Morgan fingerprint density at radius 2 is 2.07 bits per heavy atom. The van der Waals surface area contributed by atoms with Crippen LogP contribution in [-0.2, 0) is 0 Å². The van der Waals surface area contributed by atoms with Gasteiger partial charge in [0.05, 0.1) is 0 Å². The van der Waals surface area contributed by atoms with Gasteiger partial charge in [0.15, 0.2) is 0 Å². The minimum atomic E-state index is 0.437. The summed E-state index contributed by atoms with van der Waals surface area (Å²) in [6, 6.07) is 8.43. The van der Waals surface area contributed by atoms with E-state index in [9.17, 15) is 0 Å². The second-order valence-corrected chi connectivity index (χ2v) is 5.46. The predicted octanol–water partition coefficient (Wildman–Crippen LogP) is 3.95. The summed E-state index contributed by atoms with van der Waals surface area (Å²) in [4.78, 5) is 0. The molecule has 0 radical (unpaired) electrons. The normalized spacial score (nSPS) is 25.1.